The molecule has 1 aliphatic rings. The first-order chi connectivity index (χ1) is 10.6. The average Bonchev–Trinajstić information content (AvgIpc) is 2.55. The molecule has 1 heterocycles. The SMILES string of the molecule is CSCCC(N)C(=O)N1CCC(Oc2ccc(F)cc2)CC1. The third-order valence-electron chi connectivity index (χ3n) is 3.82. The van der Waals surface area contributed by atoms with Crippen LogP contribution in [0, 0.1) is 5.82 Å². The molecule has 1 saturated heterocycles. The van der Waals surface area contributed by atoms with Crippen LogP contribution in [0.2, 0.25) is 0 Å². The molecule has 1 amide bonds. The molecule has 0 bridgehead atoms. The quantitative estimate of drug-likeness (QED) is 0.871. The van der Waals surface area contributed by atoms with Crippen molar-refractivity contribution in [3.8, 4) is 5.75 Å². The zero-order valence-corrected chi connectivity index (χ0v) is 13.7. The highest BCUT2D eigenvalue weighted by Gasteiger charge is 2.26. The third-order valence-corrected chi connectivity index (χ3v) is 4.46. The molecular formula is C16H23FN2O2S. The Morgan fingerprint density at radius 1 is 1.41 bits per heavy atom. The van der Waals surface area contributed by atoms with E-state index in [-0.39, 0.29) is 17.8 Å². The summed E-state index contributed by atoms with van der Waals surface area (Å²) >= 11 is 1.70. The van der Waals surface area contributed by atoms with Gasteiger partial charge >= 0.3 is 0 Å². The van der Waals surface area contributed by atoms with Crippen molar-refractivity contribution in [3.05, 3.63) is 30.1 Å². The fourth-order valence-corrected chi connectivity index (χ4v) is 2.99. The number of thioether (sulfide) groups is 1. The Labute approximate surface area is 135 Å². The van der Waals surface area contributed by atoms with Crippen molar-refractivity contribution in [2.24, 2.45) is 5.73 Å². The molecule has 2 rings (SSSR count). The predicted octanol–water partition coefficient (Wildman–Crippen LogP) is 2.28. The van der Waals surface area contributed by atoms with Gasteiger partial charge in [0.25, 0.3) is 0 Å². The number of hydrogen-bond acceptors (Lipinski definition) is 4. The van der Waals surface area contributed by atoms with E-state index in [4.69, 9.17) is 10.5 Å². The van der Waals surface area contributed by atoms with Crippen LogP contribution in [-0.4, -0.2) is 48.1 Å². The Bertz CT molecular complexity index is 476. The molecule has 22 heavy (non-hydrogen) atoms. The van der Waals surface area contributed by atoms with E-state index in [0.717, 1.165) is 18.6 Å². The minimum Gasteiger partial charge on any atom is -0.490 e. The van der Waals surface area contributed by atoms with Gasteiger partial charge in [-0.05, 0) is 42.7 Å². The third kappa shape index (κ3) is 4.88. The second-order valence-electron chi connectivity index (χ2n) is 5.48. The summed E-state index contributed by atoms with van der Waals surface area (Å²) in [5, 5.41) is 0. The Kier molecular flexibility index (Phi) is 6.51. The van der Waals surface area contributed by atoms with Crippen molar-refractivity contribution in [2.75, 3.05) is 25.1 Å². The Morgan fingerprint density at radius 2 is 2.05 bits per heavy atom. The van der Waals surface area contributed by atoms with Gasteiger partial charge in [0.2, 0.25) is 5.91 Å². The number of likely N-dealkylation sites (tertiary alicyclic amines) is 1. The van der Waals surface area contributed by atoms with Crippen LogP contribution in [0.3, 0.4) is 0 Å². The molecule has 0 saturated carbocycles. The average molecular weight is 326 g/mol. The van der Waals surface area contributed by atoms with E-state index in [9.17, 15) is 9.18 Å². The van der Waals surface area contributed by atoms with Crippen LogP contribution in [-0.2, 0) is 4.79 Å². The number of amides is 1. The van der Waals surface area contributed by atoms with Crippen LogP contribution >= 0.6 is 11.8 Å². The second-order valence-corrected chi connectivity index (χ2v) is 6.47. The molecule has 1 atom stereocenters. The lowest BCUT2D eigenvalue weighted by atomic mass is 10.1. The second kappa shape index (κ2) is 8.39. The van der Waals surface area contributed by atoms with E-state index < -0.39 is 6.04 Å². The summed E-state index contributed by atoms with van der Waals surface area (Å²) in [6.45, 7) is 1.33. The van der Waals surface area contributed by atoms with Gasteiger partial charge in [-0.3, -0.25) is 4.79 Å². The van der Waals surface area contributed by atoms with Gasteiger partial charge in [-0.15, -0.1) is 0 Å². The van der Waals surface area contributed by atoms with Crippen LogP contribution in [0.5, 0.6) is 5.75 Å². The molecule has 1 fully saturated rings. The van der Waals surface area contributed by atoms with Gasteiger partial charge in [0.15, 0.2) is 0 Å². The van der Waals surface area contributed by atoms with Crippen LogP contribution in [0.4, 0.5) is 4.39 Å². The molecule has 0 spiro atoms. The highest BCUT2D eigenvalue weighted by atomic mass is 32.2. The Balaban J connectivity index is 1.77. The number of piperidine rings is 1. The number of halogens is 1. The van der Waals surface area contributed by atoms with E-state index in [0.29, 0.717) is 25.3 Å². The first-order valence-electron chi connectivity index (χ1n) is 7.55. The summed E-state index contributed by atoms with van der Waals surface area (Å²) < 4.78 is 18.7. The summed E-state index contributed by atoms with van der Waals surface area (Å²) in [4.78, 5) is 14.0. The number of carbonyl (C=O) groups is 1. The predicted molar refractivity (Wildman–Crippen MR) is 87.6 cm³/mol. The molecule has 1 unspecified atom stereocenters. The number of nitrogens with two attached hydrogens (primary N) is 1. The van der Waals surface area contributed by atoms with E-state index >= 15 is 0 Å². The summed E-state index contributed by atoms with van der Waals surface area (Å²) in [5.41, 5.74) is 5.94. The van der Waals surface area contributed by atoms with Crippen molar-refractivity contribution in [1.29, 1.82) is 0 Å². The van der Waals surface area contributed by atoms with Gasteiger partial charge in [0.1, 0.15) is 17.7 Å². The molecule has 4 nitrogen and oxygen atoms in total. The molecular weight excluding hydrogens is 303 g/mol. The Morgan fingerprint density at radius 3 is 2.64 bits per heavy atom. The van der Waals surface area contributed by atoms with E-state index in [2.05, 4.69) is 0 Å². The maximum Gasteiger partial charge on any atom is 0.239 e. The molecule has 1 aliphatic heterocycles. The number of nitrogens with zero attached hydrogens (tertiary/aromatic N) is 1. The highest BCUT2D eigenvalue weighted by molar-refractivity contribution is 7.98. The lowest BCUT2D eigenvalue weighted by Crippen LogP contribution is -2.48. The van der Waals surface area contributed by atoms with Gasteiger partial charge in [-0.25, -0.2) is 4.39 Å². The molecule has 122 valence electrons. The molecule has 1 aromatic rings. The summed E-state index contributed by atoms with van der Waals surface area (Å²) in [6.07, 6.45) is 4.34. The number of carbonyl (C=O) groups excluding carboxylic acids is 1. The molecule has 1 aromatic carbocycles. The number of ether oxygens (including phenoxy) is 1. The van der Waals surface area contributed by atoms with Crippen LogP contribution in [0.1, 0.15) is 19.3 Å². The monoisotopic (exact) mass is 326 g/mol. The van der Waals surface area contributed by atoms with Crippen molar-refractivity contribution in [1.82, 2.24) is 4.90 Å². The largest absolute Gasteiger partial charge is 0.490 e. The van der Waals surface area contributed by atoms with Crippen LogP contribution in [0.15, 0.2) is 24.3 Å². The minimum absolute atomic E-state index is 0.0364. The van der Waals surface area contributed by atoms with Crippen molar-refractivity contribution in [3.63, 3.8) is 0 Å². The van der Waals surface area contributed by atoms with Gasteiger partial charge in [-0.1, -0.05) is 0 Å². The minimum atomic E-state index is -0.401. The Hall–Kier alpha value is -1.27. The topological polar surface area (TPSA) is 55.6 Å². The normalized spacial score (nSPS) is 17.3. The highest BCUT2D eigenvalue weighted by Crippen LogP contribution is 2.20. The van der Waals surface area contributed by atoms with Crippen molar-refractivity contribution in [2.45, 2.75) is 31.4 Å². The van der Waals surface area contributed by atoms with E-state index in [1.807, 2.05) is 11.2 Å². The summed E-state index contributed by atoms with van der Waals surface area (Å²) in [6, 6.07) is 5.63. The van der Waals surface area contributed by atoms with Gasteiger partial charge < -0.3 is 15.4 Å². The molecule has 0 radical (unpaired) electrons. The molecule has 0 aliphatic carbocycles. The summed E-state index contributed by atoms with van der Waals surface area (Å²) in [7, 11) is 0. The fraction of sp³-hybridized carbons (Fsp3) is 0.562. The smallest absolute Gasteiger partial charge is 0.239 e. The van der Waals surface area contributed by atoms with E-state index in [1.54, 1.807) is 23.9 Å². The lowest BCUT2D eigenvalue weighted by molar-refractivity contribution is -0.134. The van der Waals surface area contributed by atoms with Crippen molar-refractivity contribution < 1.29 is 13.9 Å². The maximum absolute atomic E-state index is 12.9. The van der Waals surface area contributed by atoms with Gasteiger partial charge in [0, 0.05) is 25.9 Å². The zero-order valence-electron chi connectivity index (χ0n) is 12.8. The van der Waals surface area contributed by atoms with Crippen LogP contribution < -0.4 is 10.5 Å². The number of hydrogen-bond donors (Lipinski definition) is 1. The fourth-order valence-electron chi connectivity index (χ4n) is 2.50. The molecule has 0 aromatic heterocycles. The lowest BCUT2D eigenvalue weighted by Gasteiger charge is -2.33. The maximum atomic E-state index is 12.9. The summed E-state index contributed by atoms with van der Waals surface area (Å²) in [5.74, 6) is 1.33. The standard InChI is InChI=1S/C16H23FN2O2S/c1-22-11-8-15(18)16(20)19-9-6-14(7-10-19)21-13-4-2-12(17)3-5-13/h2-5,14-15H,6-11,18H2,1H3. The first kappa shape index (κ1) is 17.1. The zero-order chi connectivity index (χ0) is 15.9. The molecule has 2 N–H and O–H groups in total. The van der Waals surface area contributed by atoms with Gasteiger partial charge in [-0.2, -0.15) is 11.8 Å². The molecule has 6 heteroatoms. The van der Waals surface area contributed by atoms with Crippen LogP contribution in [0.25, 0.3) is 0 Å². The van der Waals surface area contributed by atoms with Crippen molar-refractivity contribution >= 4 is 17.7 Å². The number of benzene rings is 1. The first-order valence-corrected chi connectivity index (χ1v) is 8.95. The van der Waals surface area contributed by atoms with E-state index in [1.165, 1.54) is 12.1 Å². The number of rotatable bonds is 6. The van der Waals surface area contributed by atoms with Gasteiger partial charge in [0.05, 0.1) is 6.04 Å².